The number of furan rings is 1. The Bertz CT molecular complexity index is 898. The monoisotopic (exact) mass is 351 g/mol. The number of rotatable bonds is 3. The predicted molar refractivity (Wildman–Crippen MR) is 99.6 cm³/mol. The van der Waals surface area contributed by atoms with Crippen molar-refractivity contribution in [2.45, 2.75) is 19.9 Å². The van der Waals surface area contributed by atoms with Gasteiger partial charge in [0.1, 0.15) is 11.3 Å². The number of urea groups is 1. The number of hydrogen-bond acceptors (Lipinski definition) is 3. The van der Waals surface area contributed by atoms with Crippen molar-refractivity contribution in [3.8, 4) is 0 Å². The maximum Gasteiger partial charge on any atom is 0.336 e. The number of nitrogens with zero attached hydrogens (tertiary/aromatic N) is 1. The lowest BCUT2D eigenvalue weighted by Crippen LogP contribution is -2.48. The molecular formula is C20H21N3O3. The van der Waals surface area contributed by atoms with Crippen molar-refractivity contribution in [2.75, 3.05) is 7.05 Å². The molecule has 0 radical (unpaired) electrons. The van der Waals surface area contributed by atoms with Crippen molar-refractivity contribution in [2.24, 2.45) is 0 Å². The van der Waals surface area contributed by atoms with E-state index in [2.05, 4.69) is 10.9 Å². The minimum Gasteiger partial charge on any atom is -0.459 e. The Morgan fingerprint density at radius 2 is 1.73 bits per heavy atom. The summed E-state index contributed by atoms with van der Waals surface area (Å²) in [5, 5.41) is 0.982. The molecule has 0 bridgehead atoms. The Balaban J connectivity index is 1.61. The number of fused-ring (bicyclic) bond motifs is 1. The third kappa shape index (κ3) is 3.69. The van der Waals surface area contributed by atoms with Crippen LogP contribution in [0.3, 0.4) is 0 Å². The highest BCUT2D eigenvalue weighted by Gasteiger charge is 2.21. The third-order valence-electron chi connectivity index (χ3n) is 4.35. The van der Waals surface area contributed by atoms with Crippen LogP contribution < -0.4 is 10.9 Å². The summed E-state index contributed by atoms with van der Waals surface area (Å²) in [6.45, 7) is 3.80. The van der Waals surface area contributed by atoms with Crippen LogP contribution in [-0.2, 0) is 0 Å². The number of carbonyl (C=O) groups is 2. The van der Waals surface area contributed by atoms with Gasteiger partial charge < -0.3 is 9.32 Å². The molecule has 1 heterocycles. The van der Waals surface area contributed by atoms with Crippen molar-refractivity contribution < 1.29 is 14.0 Å². The Morgan fingerprint density at radius 1 is 1.04 bits per heavy atom. The summed E-state index contributed by atoms with van der Waals surface area (Å²) in [6.07, 6.45) is 0. The Hall–Kier alpha value is -3.28. The highest BCUT2D eigenvalue weighted by atomic mass is 16.3. The second-order valence-electron chi connectivity index (χ2n) is 6.22. The smallest absolute Gasteiger partial charge is 0.336 e. The van der Waals surface area contributed by atoms with Crippen molar-refractivity contribution in [3.05, 3.63) is 71.5 Å². The van der Waals surface area contributed by atoms with Gasteiger partial charge in [-0.15, -0.1) is 0 Å². The lowest BCUT2D eigenvalue weighted by molar-refractivity contribution is 0.0928. The van der Waals surface area contributed by atoms with E-state index in [4.69, 9.17) is 4.42 Å². The van der Waals surface area contributed by atoms with Crippen LogP contribution in [0.5, 0.6) is 0 Å². The highest BCUT2D eigenvalue weighted by Crippen LogP contribution is 2.26. The van der Waals surface area contributed by atoms with Gasteiger partial charge in [0.15, 0.2) is 0 Å². The lowest BCUT2D eigenvalue weighted by Gasteiger charge is -2.23. The number of hydrogen-bond donors (Lipinski definition) is 2. The molecule has 1 atom stereocenters. The molecule has 3 rings (SSSR count). The summed E-state index contributed by atoms with van der Waals surface area (Å²) in [4.78, 5) is 25.9. The first kappa shape index (κ1) is 17.5. The minimum atomic E-state index is -0.432. The van der Waals surface area contributed by atoms with E-state index >= 15 is 0 Å². The van der Waals surface area contributed by atoms with Gasteiger partial charge in [0.25, 0.3) is 5.91 Å². The van der Waals surface area contributed by atoms with E-state index in [9.17, 15) is 9.59 Å². The van der Waals surface area contributed by atoms with Crippen LogP contribution in [0, 0.1) is 6.92 Å². The number of amides is 3. The molecule has 134 valence electrons. The maximum atomic E-state index is 12.3. The molecule has 0 unspecified atom stereocenters. The Labute approximate surface area is 151 Å². The lowest BCUT2D eigenvalue weighted by atomic mass is 10.1. The number of para-hydroxylation sites is 1. The Kier molecular flexibility index (Phi) is 4.93. The fourth-order valence-corrected chi connectivity index (χ4v) is 2.55. The quantitative estimate of drug-likeness (QED) is 0.705. The van der Waals surface area contributed by atoms with Gasteiger partial charge in [-0.05, 0) is 38.1 Å². The van der Waals surface area contributed by atoms with Crippen molar-refractivity contribution in [1.29, 1.82) is 0 Å². The Morgan fingerprint density at radius 3 is 2.42 bits per heavy atom. The van der Waals surface area contributed by atoms with Crippen molar-refractivity contribution in [1.82, 2.24) is 15.8 Å². The summed E-state index contributed by atoms with van der Waals surface area (Å²) in [7, 11) is 1.64. The van der Waals surface area contributed by atoms with E-state index in [1.165, 1.54) is 4.90 Å². The molecule has 0 saturated carbocycles. The fourth-order valence-electron chi connectivity index (χ4n) is 2.55. The van der Waals surface area contributed by atoms with E-state index in [1.54, 1.807) is 19.2 Å². The van der Waals surface area contributed by atoms with Crippen LogP contribution in [0.4, 0.5) is 4.79 Å². The predicted octanol–water partition coefficient (Wildman–Crippen LogP) is 3.79. The number of carbonyl (C=O) groups excluding carboxylic acids is 2. The zero-order valence-electron chi connectivity index (χ0n) is 14.9. The van der Waals surface area contributed by atoms with Gasteiger partial charge in [0.2, 0.25) is 0 Å². The van der Waals surface area contributed by atoms with Crippen LogP contribution >= 0.6 is 0 Å². The molecule has 3 aromatic rings. The molecule has 0 fully saturated rings. The molecule has 0 spiro atoms. The number of hydrazine groups is 1. The van der Waals surface area contributed by atoms with E-state index in [0.717, 1.165) is 16.5 Å². The molecule has 6 nitrogen and oxygen atoms in total. The van der Waals surface area contributed by atoms with Crippen molar-refractivity contribution in [3.63, 3.8) is 0 Å². The summed E-state index contributed by atoms with van der Waals surface area (Å²) in [6, 6.07) is 15.9. The van der Waals surface area contributed by atoms with Gasteiger partial charge in [0.05, 0.1) is 6.04 Å². The molecule has 0 aliphatic rings. The number of nitrogens with one attached hydrogen (secondary N) is 2. The normalized spacial score (nSPS) is 11.8. The first-order chi connectivity index (χ1) is 12.5. The fraction of sp³-hybridized carbons (Fsp3) is 0.200. The van der Waals surface area contributed by atoms with Gasteiger partial charge >= 0.3 is 6.03 Å². The zero-order valence-corrected chi connectivity index (χ0v) is 14.9. The van der Waals surface area contributed by atoms with Gasteiger partial charge in [0, 0.05) is 18.0 Å². The number of benzene rings is 2. The molecule has 2 N–H and O–H groups in total. The number of aryl methyl sites for hydroxylation is 1. The van der Waals surface area contributed by atoms with E-state index < -0.39 is 6.03 Å². The third-order valence-corrected chi connectivity index (χ3v) is 4.35. The highest BCUT2D eigenvalue weighted by molar-refractivity contribution is 5.95. The molecule has 2 aromatic carbocycles. The molecule has 0 saturated heterocycles. The van der Waals surface area contributed by atoms with Crippen LogP contribution in [0.25, 0.3) is 11.0 Å². The van der Waals surface area contributed by atoms with Crippen molar-refractivity contribution >= 4 is 22.9 Å². The van der Waals surface area contributed by atoms with E-state index in [1.807, 2.05) is 56.3 Å². The van der Waals surface area contributed by atoms with E-state index in [-0.39, 0.29) is 11.9 Å². The summed E-state index contributed by atoms with van der Waals surface area (Å²) >= 11 is 0. The molecule has 0 aliphatic heterocycles. The largest absolute Gasteiger partial charge is 0.459 e. The molecule has 3 amide bonds. The van der Waals surface area contributed by atoms with Gasteiger partial charge in [-0.1, -0.05) is 35.9 Å². The van der Waals surface area contributed by atoms with Gasteiger partial charge in [-0.2, -0.15) is 0 Å². The van der Waals surface area contributed by atoms with Crippen LogP contribution in [0.1, 0.15) is 34.6 Å². The maximum absolute atomic E-state index is 12.3. The SMILES string of the molecule is Cc1ccc(C(=O)NNC(=O)N(C)[C@H](C)c2cc3ccccc3o2)cc1. The standard InChI is InChI=1S/C20H21N3O3/c1-13-8-10-15(11-9-13)19(24)21-22-20(25)23(3)14(2)18-12-16-6-4-5-7-17(16)26-18/h4-12,14H,1-3H3,(H,21,24)(H,22,25)/t14-/m1/s1. The van der Waals surface area contributed by atoms with Gasteiger partial charge in [-0.25, -0.2) is 10.2 Å². The molecule has 0 aliphatic carbocycles. The van der Waals surface area contributed by atoms with E-state index in [0.29, 0.717) is 11.3 Å². The average molecular weight is 351 g/mol. The molecular weight excluding hydrogens is 330 g/mol. The van der Waals surface area contributed by atoms with Crippen LogP contribution in [-0.4, -0.2) is 23.9 Å². The first-order valence-corrected chi connectivity index (χ1v) is 8.34. The second-order valence-corrected chi connectivity index (χ2v) is 6.22. The average Bonchev–Trinajstić information content (AvgIpc) is 3.09. The zero-order chi connectivity index (χ0) is 18.7. The topological polar surface area (TPSA) is 74.6 Å². The van der Waals surface area contributed by atoms with Crippen LogP contribution in [0.2, 0.25) is 0 Å². The summed E-state index contributed by atoms with van der Waals surface area (Å²) in [5.41, 5.74) is 7.16. The first-order valence-electron chi connectivity index (χ1n) is 8.34. The minimum absolute atomic E-state index is 0.293. The molecule has 26 heavy (non-hydrogen) atoms. The van der Waals surface area contributed by atoms with Gasteiger partial charge in [-0.3, -0.25) is 10.2 Å². The molecule has 6 heteroatoms. The molecule has 1 aromatic heterocycles. The summed E-state index contributed by atoms with van der Waals surface area (Å²) in [5.74, 6) is 0.303. The van der Waals surface area contributed by atoms with Crippen LogP contribution in [0.15, 0.2) is 59.0 Å². The summed E-state index contributed by atoms with van der Waals surface area (Å²) < 4.78 is 5.80. The second kappa shape index (κ2) is 7.31.